The van der Waals surface area contributed by atoms with E-state index in [1.54, 1.807) is 0 Å². The number of hydrogen-bond acceptors (Lipinski definition) is 2. The molecule has 16 heavy (non-hydrogen) atoms. The number of amides is 1. The first-order valence-corrected chi connectivity index (χ1v) is 6.73. The van der Waals surface area contributed by atoms with Gasteiger partial charge in [0.1, 0.15) is 0 Å². The average molecular weight is 224 g/mol. The number of nitrogens with one attached hydrogen (secondary N) is 1. The monoisotopic (exact) mass is 224 g/mol. The summed E-state index contributed by atoms with van der Waals surface area (Å²) in [5.74, 6) is 0.337. The standard InChI is InChI=1S/C13H24N2O/c1-3-6-13(7-8-13)10-15-9-5-11(12(15)16)14-4-2/h11,14H,3-10H2,1-2H3. The van der Waals surface area contributed by atoms with Crippen molar-refractivity contribution in [3.05, 3.63) is 0 Å². The van der Waals surface area contributed by atoms with E-state index in [1.165, 1.54) is 25.7 Å². The van der Waals surface area contributed by atoms with E-state index < -0.39 is 0 Å². The fourth-order valence-corrected chi connectivity index (χ4v) is 2.93. The van der Waals surface area contributed by atoms with Crippen molar-refractivity contribution < 1.29 is 4.79 Å². The van der Waals surface area contributed by atoms with Gasteiger partial charge in [0.25, 0.3) is 0 Å². The SMILES string of the molecule is CCCC1(CN2CCC(NCC)C2=O)CC1. The molecular weight excluding hydrogens is 200 g/mol. The molecule has 1 saturated heterocycles. The highest BCUT2D eigenvalue weighted by molar-refractivity contribution is 5.84. The van der Waals surface area contributed by atoms with Gasteiger partial charge in [-0.3, -0.25) is 4.79 Å². The van der Waals surface area contributed by atoms with Gasteiger partial charge in [0.15, 0.2) is 0 Å². The van der Waals surface area contributed by atoms with Crippen LogP contribution in [0.4, 0.5) is 0 Å². The highest BCUT2D eigenvalue weighted by Crippen LogP contribution is 2.50. The minimum Gasteiger partial charge on any atom is -0.341 e. The Morgan fingerprint density at radius 2 is 2.19 bits per heavy atom. The first-order valence-electron chi connectivity index (χ1n) is 6.73. The van der Waals surface area contributed by atoms with Gasteiger partial charge in [0.2, 0.25) is 5.91 Å². The fourth-order valence-electron chi connectivity index (χ4n) is 2.93. The number of hydrogen-bond donors (Lipinski definition) is 1. The second kappa shape index (κ2) is 4.74. The van der Waals surface area contributed by atoms with Gasteiger partial charge in [-0.1, -0.05) is 20.3 Å². The molecule has 1 aliphatic carbocycles. The lowest BCUT2D eigenvalue weighted by molar-refractivity contribution is -0.130. The summed E-state index contributed by atoms with van der Waals surface area (Å²) in [7, 11) is 0. The number of likely N-dealkylation sites (tertiary alicyclic amines) is 1. The Morgan fingerprint density at radius 1 is 1.44 bits per heavy atom. The Hall–Kier alpha value is -0.570. The molecule has 92 valence electrons. The molecule has 1 aliphatic heterocycles. The van der Waals surface area contributed by atoms with Crippen LogP contribution in [0.25, 0.3) is 0 Å². The first-order chi connectivity index (χ1) is 7.71. The van der Waals surface area contributed by atoms with E-state index in [0.29, 0.717) is 11.3 Å². The number of carbonyl (C=O) groups is 1. The van der Waals surface area contributed by atoms with Crippen LogP contribution in [0.15, 0.2) is 0 Å². The maximum absolute atomic E-state index is 12.1. The van der Waals surface area contributed by atoms with Gasteiger partial charge < -0.3 is 10.2 Å². The summed E-state index contributed by atoms with van der Waals surface area (Å²) in [6.07, 6.45) is 6.20. The maximum atomic E-state index is 12.1. The smallest absolute Gasteiger partial charge is 0.239 e. The molecule has 1 amide bonds. The normalized spacial score (nSPS) is 27.5. The van der Waals surface area contributed by atoms with Gasteiger partial charge in [0, 0.05) is 13.1 Å². The molecule has 2 rings (SSSR count). The van der Waals surface area contributed by atoms with Crippen LogP contribution in [-0.4, -0.2) is 36.5 Å². The van der Waals surface area contributed by atoms with Crippen molar-refractivity contribution in [1.82, 2.24) is 10.2 Å². The zero-order valence-electron chi connectivity index (χ0n) is 10.6. The minimum atomic E-state index is 0.0995. The number of nitrogens with zero attached hydrogens (tertiary/aromatic N) is 1. The molecule has 3 nitrogen and oxygen atoms in total. The van der Waals surface area contributed by atoms with E-state index in [1.807, 2.05) is 0 Å². The molecule has 1 unspecified atom stereocenters. The Balaban J connectivity index is 1.85. The molecule has 1 N–H and O–H groups in total. The largest absolute Gasteiger partial charge is 0.341 e. The van der Waals surface area contributed by atoms with Crippen molar-refractivity contribution in [3.63, 3.8) is 0 Å². The van der Waals surface area contributed by atoms with Gasteiger partial charge in [0.05, 0.1) is 6.04 Å². The molecule has 0 aromatic carbocycles. The highest BCUT2D eigenvalue weighted by atomic mass is 16.2. The minimum absolute atomic E-state index is 0.0995. The number of likely N-dealkylation sites (N-methyl/N-ethyl adjacent to an activating group) is 1. The third-order valence-corrected chi connectivity index (χ3v) is 4.01. The van der Waals surface area contributed by atoms with Crippen LogP contribution in [-0.2, 0) is 4.79 Å². The van der Waals surface area contributed by atoms with Crippen LogP contribution in [0.2, 0.25) is 0 Å². The molecule has 3 heteroatoms. The predicted octanol–water partition coefficient (Wildman–Crippen LogP) is 1.78. The van der Waals surface area contributed by atoms with Gasteiger partial charge in [-0.2, -0.15) is 0 Å². The van der Waals surface area contributed by atoms with E-state index in [0.717, 1.165) is 26.1 Å². The Morgan fingerprint density at radius 3 is 2.75 bits per heavy atom. The molecule has 2 aliphatic rings. The van der Waals surface area contributed by atoms with Gasteiger partial charge in [-0.15, -0.1) is 0 Å². The quantitative estimate of drug-likeness (QED) is 0.746. The van der Waals surface area contributed by atoms with E-state index >= 15 is 0 Å². The van der Waals surface area contributed by atoms with Crippen LogP contribution in [0.3, 0.4) is 0 Å². The molecule has 0 radical (unpaired) electrons. The molecule has 1 heterocycles. The summed E-state index contributed by atoms with van der Waals surface area (Å²) in [4.78, 5) is 14.2. The zero-order valence-corrected chi connectivity index (χ0v) is 10.6. The van der Waals surface area contributed by atoms with Crippen molar-refractivity contribution in [1.29, 1.82) is 0 Å². The van der Waals surface area contributed by atoms with Crippen molar-refractivity contribution >= 4 is 5.91 Å². The lowest BCUT2D eigenvalue weighted by Crippen LogP contribution is -2.40. The topological polar surface area (TPSA) is 32.3 Å². The van der Waals surface area contributed by atoms with Gasteiger partial charge in [-0.05, 0) is 37.6 Å². The third-order valence-electron chi connectivity index (χ3n) is 4.01. The van der Waals surface area contributed by atoms with Crippen molar-refractivity contribution in [2.45, 2.75) is 52.0 Å². The predicted molar refractivity (Wildman–Crippen MR) is 65.2 cm³/mol. The van der Waals surface area contributed by atoms with Crippen molar-refractivity contribution in [3.8, 4) is 0 Å². The Kier molecular flexibility index (Phi) is 3.53. The lowest BCUT2D eigenvalue weighted by atomic mass is 10.0. The third kappa shape index (κ3) is 2.40. The molecular formula is C13H24N2O. The summed E-state index contributed by atoms with van der Waals surface area (Å²) in [5.41, 5.74) is 0.505. The second-order valence-corrected chi connectivity index (χ2v) is 5.41. The molecule has 1 atom stereocenters. The van der Waals surface area contributed by atoms with Crippen LogP contribution in [0.1, 0.15) is 46.0 Å². The maximum Gasteiger partial charge on any atom is 0.239 e. The van der Waals surface area contributed by atoms with Gasteiger partial charge >= 0.3 is 0 Å². The molecule has 1 saturated carbocycles. The Bertz CT molecular complexity index is 261. The summed E-state index contributed by atoms with van der Waals surface area (Å²) < 4.78 is 0. The van der Waals surface area contributed by atoms with Crippen LogP contribution >= 0.6 is 0 Å². The van der Waals surface area contributed by atoms with Crippen LogP contribution in [0.5, 0.6) is 0 Å². The molecule has 0 spiro atoms. The highest BCUT2D eigenvalue weighted by Gasteiger charge is 2.45. The summed E-state index contributed by atoms with van der Waals surface area (Å²) >= 11 is 0. The average Bonchev–Trinajstić information content (AvgIpc) is 2.94. The zero-order chi connectivity index (χ0) is 11.6. The molecule has 0 aromatic rings. The van der Waals surface area contributed by atoms with Crippen molar-refractivity contribution in [2.75, 3.05) is 19.6 Å². The van der Waals surface area contributed by atoms with E-state index in [-0.39, 0.29) is 6.04 Å². The van der Waals surface area contributed by atoms with E-state index in [4.69, 9.17) is 0 Å². The molecule has 0 aromatic heterocycles. The summed E-state index contributed by atoms with van der Waals surface area (Å²) in [6, 6.07) is 0.0995. The van der Waals surface area contributed by atoms with Crippen LogP contribution < -0.4 is 5.32 Å². The van der Waals surface area contributed by atoms with E-state index in [9.17, 15) is 4.79 Å². The first kappa shape index (κ1) is 11.9. The van der Waals surface area contributed by atoms with Crippen molar-refractivity contribution in [2.24, 2.45) is 5.41 Å². The summed E-state index contributed by atoms with van der Waals surface area (Å²) in [5, 5.41) is 3.27. The molecule has 2 fully saturated rings. The number of carbonyl (C=O) groups excluding carboxylic acids is 1. The number of rotatable bonds is 6. The summed E-state index contributed by atoms with van der Waals surface area (Å²) in [6.45, 7) is 7.18. The van der Waals surface area contributed by atoms with Gasteiger partial charge in [-0.25, -0.2) is 0 Å². The van der Waals surface area contributed by atoms with E-state index in [2.05, 4.69) is 24.1 Å². The fraction of sp³-hybridized carbons (Fsp3) is 0.923. The molecule has 0 bridgehead atoms. The Labute approximate surface area is 98.6 Å². The second-order valence-electron chi connectivity index (χ2n) is 5.41. The van der Waals surface area contributed by atoms with Crippen LogP contribution in [0, 0.1) is 5.41 Å². The lowest BCUT2D eigenvalue weighted by Gasteiger charge is -2.23.